The van der Waals surface area contributed by atoms with Crippen molar-refractivity contribution in [3.63, 3.8) is 0 Å². The minimum atomic E-state index is 0.0762. The van der Waals surface area contributed by atoms with Gasteiger partial charge >= 0.3 is 0 Å². The van der Waals surface area contributed by atoms with Crippen LogP contribution in [0.25, 0.3) is 11.1 Å². The molecule has 0 radical (unpaired) electrons. The van der Waals surface area contributed by atoms with Crippen LogP contribution in [0.3, 0.4) is 0 Å². The van der Waals surface area contributed by atoms with Gasteiger partial charge in [-0.05, 0) is 25.0 Å². The Labute approximate surface area is 117 Å². The van der Waals surface area contributed by atoms with Gasteiger partial charge in [0.05, 0.1) is 19.3 Å². The molecule has 2 heterocycles. The Hall–Kier alpha value is -1.79. The largest absolute Gasteiger partial charge is 0.423 e. The Morgan fingerprint density at radius 2 is 2.20 bits per heavy atom. The molecule has 0 spiro atoms. The van der Waals surface area contributed by atoms with E-state index < -0.39 is 0 Å². The van der Waals surface area contributed by atoms with Gasteiger partial charge in [-0.15, -0.1) is 0 Å². The number of fused-ring (bicyclic) bond motifs is 1. The highest BCUT2D eigenvalue weighted by atomic mass is 16.5. The van der Waals surface area contributed by atoms with E-state index in [-0.39, 0.29) is 12.7 Å². The zero-order valence-electron chi connectivity index (χ0n) is 11.3. The maximum absolute atomic E-state index is 8.76. The highest BCUT2D eigenvalue weighted by Crippen LogP contribution is 2.26. The lowest BCUT2D eigenvalue weighted by molar-refractivity contribution is 0.0155. The number of rotatable bonds is 4. The zero-order valence-corrected chi connectivity index (χ0v) is 11.3. The van der Waals surface area contributed by atoms with Crippen LogP contribution in [-0.2, 0) is 4.74 Å². The van der Waals surface area contributed by atoms with Gasteiger partial charge in [0.15, 0.2) is 5.58 Å². The van der Waals surface area contributed by atoms with E-state index in [9.17, 15) is 0 Å². The van der Waals surface area contributed by atoms with Gasteiger partial charge in [-0.1, -0.05) is 0 Å². The minimum Gasteiger partial charge on any atom is -0.423 e. The Morgan fingerprint density at radius 3 is 2.95 bits per heavy atom. The van der Waals surface area contributed by atoms with Gasteiger partial charge in [-0.25, -0.2) is 0 Å². The van der Waals surface area contributed by atoms with E-state index in [1.54, 1.807) is 6.07 Å². The molecule has 2 aromatic rings. The summed E-state index contributed by atoms with van der Waals surface area (Å²) in [6, 6.07) is 6.13. The molecule has 6 heteroatoms. The molecule has 0 atom stereocenters. The van der Waals surface area contributed by atoms with E-state index in [0.29, 0.717) is 18.3 Å². The van der Waals surface area contributed by atoms with E-state index in [0.717, 1.165) is 37.0 Å². The average molecular weight is 277 g/mol. The summed E-state index contributed by atoms with van der Waals surface area (Å²) in [4.78, 5) is 6.61. The van der Waals surface area contributed by atoms with Crippen molar-refractivity contribution in [2.75, 3.05) is 36.9 Å². The first-order valence-corrected chi connectivity index (χ1v) is 6.90. The summed E-state index contributed by atoms with van der Waals surface area (Å²) in [5, 5.41) is 8.76. The number of nitrogens with two attached hydrogens (primary N) is 1. The molecule has 20 heavy (non-hydrogen) atoms. The molecule has 1 saturated heterocycles. The first-order chi connectivity index (χ1) is 9.76. The van der Waals surface area contributed by atoms with Gasteiger partial charge in [0, 0.05) is 24.8 Å². The molecule has 0 saturated carbocycles. The van der Waals surface area contributed by atoms with Crippen molar-refractivity contribution >= 4 is 22.8 Å². The standard InChI is InChI=1S/C14H19N3O3/c15-10-1-2-12-13(9-10)20-14(16-12)17-5-3-11(4-6-17)19-8-7-18/h1-2,9,11,18H,3-8,15H2. The fourth-order valence-corrected chi connectivity index (χ4v) is 2.50. The SMILES string of the molecule is Nc1ccc2nc(N3CCC(OCCO)CC3)oc2c1. The summed E-state index contributed by atoms with van der Waals surface area (Å²) in [5.74, 6) is 0. The number of aromatic nitrogens is 1. The summed E-state index contributed by atoms with van der Waals surface area (Å²) >= 11 is 0. The van der Waals surface area contributed by atoms with Crippen LogP contribution in [0.4, 0.5) is 11.7 Å². The maximum atomic E-state index is 8.76. The molecule has 0 bridgehead atoms. The number of nitrogens with zero attached hydrogens (tertiary/aromatic N) is 2. The van der Waals surface area contributed by atoms with Gasteiger partial charge in [0.2, 0.25) is 0 Å². The number of hydrogen-bond acceptors (Lipinski definition) is 6. The van der Waals surface area contributed by atoms with Gasteiger partial charge in [0.25, 0.3) is 6.01 Å². The van der Waals surface area contributed by atoms with Crippen LogP contribution < -0.4 is 10.6 Å². The van der Waals surface area contributed by atoms with Crippen LogP contribution in [0.1, 0.15) is 12.8 Å². The Kier molecular flexibility index (Phi) is 3.75. The van der Waals surface area contributed by atoms with Crippen LogP contribution >= 0.6 is 0 Å². The summed E-state index contributed by atoms with van der Waals surface area (Å²) in [6.07, 6.45) is 2.06. The van der Waals surface area contributed by atoms with Gasteiger partial charge in [-0.3, -0.25) is 0 Å². The van der Waals surface area contributed by atoms with E-state index in [4.69, 9.17) is 20.0 Å². The third-order valence-corrected chi connectivity index (χ3v) is 3.56. The number of nitrogen functional groups attached to an aromatic ring is 1. The fourth-order valence-electron chi connectivity index (χ4n) is 2.50. The van der Waals surface area contributed by atoms with Crippen molar-refractivity contribution in [1.29, 1.82) is 0 Å². The van der Waals surface area contributed by atoms with E-state index in [1.165, 1.54) is 0 Å². The molecule has 6 nitrogen and oxygen atoms in total. The highest BCUT2D eigenvalue weighted by molar-refractivity contribution is 5.78. The van der Waals surface area contributed by atoms with Crippen molar-refractivity contribution in [3.8, 4) is 0 Å². The minimum absolute atomic E-state index is 0.0762. The van der Waals surface area contributed by atoms with Crippen molar-refractivity contribution in [1.82, 2.24) is 4.98 Å². The molecule has 3 N–H and O–H groups in total. The van der Waals surface area contributed by atoms with Crippen LogP contribution in [0.5, 0.6) is 0 Å². The molecule has 0 aliphatic carbocycles. The second-order valence-electron chi connectivity index (χ2n) is 5.00. The third kappa shape index (κ3) is 2.71. The van der Waals surface area contributed by atoms with Crippen molar-refractivity contribution in [2.24, 2.45) is 0 Å². The molecule has 3 rings (SSSR count). The molecule has 0 amide bonds. The predicted octanol–water partition coefficient (Wildman–Crippen LogP) is 1.39. The fraction of sp³-hybridized carbons (Fsp3) is 0.500. The number of aliphatic hydroxyl groups excluding tert-OH is 1. The molecular weight excluding hydrogens is 258 g/mol. The second kappa shape index (κ2) is 5.68. The number of ether oxygens (including phenoxy) is 1. The number of piperidine rings is 1. The normalized spacial score (nSPS) is 16.9. The summed E-state index contributed by atoms with van der Waals surface area (Å²) in [6.45, 7) is 2.18. The molecular formula is C14H19N3O3. The monoisotopic (exact) mass is 277 g/mol. The molecule has 0 unspecified atom stereocenters. The van der Waals surface area contributed by atoms with Crippen molar-refractivity contribution in [2.45, 2.75) is 18.9 Å². The van der Waals surface area contributed by atoms with Crippen LogP contribution in [0.15, 0.2) is 22.6 Å². The molecule has 1 aromatic carbocycles. The number of hydrogen-bond donors (Lipinski definition) is 2. The summed E-state index contributed by atoms with van der Waals surface area (Å²) < 4.78 is 11.3. The summed E-state index contributed by atoms with van der Waals surface area (Å²) in [7, 11) is 0. The Balaban J connectivity index is 1.67. The molecule has 1 aromatic heterocycles. The van der Waals surface area contributed by atoms with Crippen LogP contribution in [-0.4, -0.2) is 42.5 Å². The molecule has 1 aliphatic heterocycles. The van der Waals surface area contributed by atoms with Crippen LogP contribution in [0.2, 0.25) is 0 Å². The smallest absolute Gasteiger partial charge is 0.298 e. The van der Waals surface area contributed by atoms with E-state index in [1.807, 2.05) is 12.1 Å². The lowest BCUT2D eigenvalue weighted by atomic mass is 10.1. The average Bonchev–Trinajstić information content (AvgIpc) is 2.88. The Bertz CT molecular complexity index is 576. The number of anilines is 2. The van der Waals surface area contributed by atoms with Crippen LogP contribution in [0, 0.1) is 0 Å². The molecule has 108 valence electrons. The first-order valence-electron chi connectivity index (χ1n) is 6.90. The highest BCUT2D eigenvalue weighted by Gasteiger charge is 2.23. The quantitative estimate of drug-likeness (QED) is 0.821. The van der Waals surface area contributed by atoms with Crippen molar-refractivity contribution in [3.05, 3.63) is 18.2 Å². The van der Waals surface area contributed by atoms with E-state index in [2.05, 4.69) is 9.88 Å². The molecule has 1 fully saturated rings. The molecule has 1 aliphatic rings. The summed E-state index contributed by atoms with van der Waals surface area (Å²) in [5.41, 5.74) is 7.96. The number of oxazole rings is 1. The first kappa shape index (κ1) is 13.2. The number of benzene rings is 1. The van der Waals surface area contributed by atoms with E-state index >= 15 is 0 Å². The third-order valence-electron chi connectivity index (χ3n) is 3.56. The topological polar surface area (TPSA) is 84.8 Å². The lowest BCUT2D eigenvalue weighted by Crippen LogP contribution is -2.37. The Morgan fingerprint density at radius 1 is 1.40 bits per heavy atom. The second-order valence-corrected chi connectivity index (χ2v) is 5.00. The number of aliphatic hydroxyl groups is 1. The lowest BCUT2D eigenvalue weighted by Gasteiger charge is -2.30. The maximum Gasteiger partial charge on any atom is 0.298 e. The zero-order chi connectivity index (χ0) is 13.9. The van der Waals surface area contributed by atoms with Gasteiger partial charge in [0.1, 0.15) is 5.52 Å². The van der Waals surface area contributed by atoms with Crippen molar-refractivity contribution < 1.29 is 14.3 Å². The van der Waals surface area contributed by atoms with Gasteiger partial charge < -0.3 is 24.9 Å². The van der Waals surface area contributed by atoms with Gasteiger partial charge in [-0.2, -0.15) is 4.98 Å². The predicted molar refractivity (Wildman–Crippen MR) is 76.7 cm³/mol.